The van der Waals surface area contributed by atoms with E-state index in [0.29, 0.717) is 6.42 Å². The number of rotatable bonds is 7. The van der Waals surface area contributed by atoms with E-state index in [2.05, 4.69) is 12.2 Å². The second kappa shape index (κ2) is 7.61. The largest absolute Gasteiger partial charge is 0.325 e. The minimum absolute atomic E-state index is 0.0804. The third-order valence-electron chi connectivity index (χ3n) is 2.80. The minimum Gasteiger partial charge on any atom is -0.325 e. The molecule has 1 aromatic rings. The second-order valence-electron chi connectivity index (χ2n) is 4.55. The van der Waals surface area contributed by atoms with E-state index in [9.17, 15) is 13.2 Å². The molecule has 0 aliphatic rings. The van der Waals surface area contributed by atoms with Gasteiger partial charge in [0.15, 0.2) is 0 Å². The van der Waals surface area contributed by atoms with Crippen molar-refractivity contribution < 1.29 is 13.2 Å². The average Bonchev–Trinajstić information content (AvgIpc) is 2.36. The fourth-order valence-electron chi connectivity index (χ4n) is 1.70. The third kappa shape index (κ3) is 5.48. The molecule has 0 unspecified atom stereocenters. The van der Waals surface area contributed by atoms with Gasteiger partial charge in [0.25, 0.3) is 0 Å². The summed E-state index contributed by atoms with van der Waals surface area (Å²) in [6.45, 7) is 2.10. The molecule has 0 saturated carbocycles. The Hall–Kier alpha value is -1.11. The number of sulfonamides is 1. The van der Waals surface area contributed by atoms with Crippen LogP contribution in [0.5, 0.6) is 0 Å². The first-order chi connectivity index (χ1) is 9.34. The number of benzene rings is 1. The van der Waals surface area contributed by atoms with Crippen LogP contribution in [0.4, 0.5) is 5.69 Å². The molecule has 0 spiro atoms. The fraction of sp³-hybridized carbons (Fsp3) is 0.462. The lowest BCUT2D eigenvalue weighted by atomic mass is 10.1. The van der Waals surface area contributed by atoms with Gasteiger partial charge in [-0.05, 0) is 24.6 Å². The van der Waals surface area contributed by atoms with E-state index in [1.54, 1.807) is 0 Å². The smallest absolute Gasteiger partial charge is 0.238 e. The molecule has 0 atom stereocenters. The molecule has 20 heavy (non-hydrogen) atoms. The van der Waals surface area contributed by atoms with Gasteiger partial charge in [-0.25, -0.2) is 13.6 Å². The summed E-state index contributed by atoms with van der Waals surface area (Å²) in [5, 5.41) is 7.92. The Morgan fingerprint density at radius 2 is 2.00 bits per heavy atom. The molecule has 1 rings (SSSR count). The SMILES string of the molecule is CCCCCCC(=O)Nc1cc(S(N)(=O)=O)ccc1Cl. The van der Waals surface area contributed by atoms with Crippen molar-refractivity contribution in [1.82, 2.24) is 0 Å². The van der Waals surface area contributed by atoms with Crippen LogP contribution in [-0.2, 0) is 14.8 Å². The van der Waals surface area contributed by atoms with Gasteiger partial charge in [-0.2, -0.15) is 0 Å². The van der Waals surface area contributed by atoms with E-state index in [1.165, 1.54) is 18.2 Å². The number of halogens is 1. The van der Waals surface area contributed by atoms with Crippen LogP contribution < -0.4 is 10.5 Å². The average molecular weight is 319 g/mol. The zero-order valence-corrected chi connectivity index (χ0v) is 12.9. The number of carbonyl (C=O) groups is 1. The molecule has 3 N–H and O–H groups in total. The van der Waals surface area contributed by atoms with E-state index in [1.807, 2.05) is 0 Å². The number of anilines is 1. The predicted octanol–water partition coefficient (Wildman–Crippen LogP) is 2.90. The lowest BCUT2D eigenvalue weighted by Crippen LogP contribution is -2.15. The summed E-state index contributed by atoms with van der Waals surface area (Å²) in [6.07, 6.45) is 4.37. The van der Waals surface area contributed by atoms with Crippen LogP contribution in [0.25, 0.3) is 0 Å². The van der Waals surface area contributed by atoms with Crippen molar-refractivity contribution in [3.05, 3.63) is 23.2 Å². The summed E-state index contributed by atoms with van der Waals surface area (Å²) in [6, 6.07) is 3.96. The number of hydrogen-bond donors (Lipinski definition) is 2. The molecular formula is C13H19ClN2O3S. The van der Waals surface area contributed by atoms with Crippen LogP contribution in [0.1, 0.15) is 39.0 Å². The maximum absolute atomic E-state index is 11.7. The molecule has 7 heteroatoms. The van der Waals surface area contributed by atoms with Crippen LogP contribution in [0, 0.1) is 0 Å². The van der Waals surface area contributed by atoms with Crippen molar-refractivity contribution in [3.8, 4) is 0 Å². The zero-order valence-electron chi connectivity index (χ0n) is 11.4. The summed E-state index contributed by atoms with van der Waals surface area (Å²) in [4.78, 5) is 11.7. The Bertz CT molecular complexity index is 573. The zero-order chi connectivity index (χ0) is 15.2. The number of amides is 1. The van der Waals surface area contributed by atoms with Crippen molar-refractivity contribution in [3.63, 3.8) is 0 Å². The molecule has 0 fully saturated rings. The molecule has 0 bridgehead atoms. The summed E-state index contributed by atoms with van der Waals surface area (Å²) >= 11 is 5.92. The highest BCUT2D eigenvalue weighted by Gasteiger charge is 2.12. The number of carbonyl (C=O) groups excluding carboxylic acids is 1. The number of hydrogen-bond acceptors (Lipinski definition) is 3. The summed E-state index contributed by atoms with van der Waals surface area (Å²) in [5.74, 6) is -0.186. The first kappa shape index (κ1) is 16.9. The normalized spacial score (nSPS) is 11.3. The Labute approximate surface area is 124 Å². The molecule has 0 aromatic heterocycles. The number of nitrogens with two attached hydrogens (primary N) is 1. The lowest BCUT2D eigenvalue weighted by Gasteiger charge is -2.08. The van der Waals surface area contributed by atoms with E-state index in [4.69, 9.17) is 16.7 Å². The molecule has 1 aromatic carbocycles. The van der Waals surface area contributed by atoms with Crippen LogP contribution in [0.3, 0.4) is 0 Å². The monoisotopic (exact) mass is 318 g/mol. The topological polar surface area (TPSA) is 89.3 Å². The molecule has 0 aliphatic heterocycles. The first-order valence-electron chi connectivity index (χ1n) is 6.46. The van der Waals surface area contributed by atoms with Gasteiger partial charge in [-0.15, -0.1) is 0 Å². The fourth-order valence-corrected chi connectivity index (χ4v) is 2.41. The highest BCUT2D eigenvalue weighted by atomic mass is 35.5. The summed E-state index contributed by atoms with van der Waals surface area (Å²) < 4.78 is 22.5. The molecule has 1 amide bonds. The highest BCUT2D eigenvalue weighted by Crippen LogP contribution is 2.25. The second-order valence-corrected chi connectivity index (χ2v) is 6.51. The van der Waals surface area contributed by atoms with Crippen LogP contribution in [0.15, 0.2) is 23.1 Å². The Morgan fingerprint density at radius 3 is 2.60 bits per heavy atom. The molecule has 112 valence electrons. The first-order valence-corrected chi connectivity index (χ1v) is 8.39. The molecule has 0 radical (unpaired) electrons. The van der Waals surface area contributed by atoms with Crippen LogP contribution in [-0.4, -0.2) is 14.3 Å². The van der Waals surface area contributed by atoms with Crippen molar-refractivity contribution in [2.75, 3.05) is 5.32 Å². The molecule has 5 nitrogen and oxygen atoms in total. The van der Waals surface area contributed by atoms with E-state index < -0.39 is 10.0 Å². The highest BCUT2D eigenvalue weighted by molar-refractivity contribution is 7.89. The van der Waals surface area contributed by atoms with Crippen LogP contribution >= 0.6 is 11.6 Å². The number of nitrogens with one attached hydrogen (secondary N) is 1. The molecular weight excluding hydrogens is 300 g/mol. The Kier molecular flexibility index (Phi) is 6.45. The van der Waals surface area contributed by atoms with Gasteiger partial charge in [0.1, 0.15) is 0 Å². The summed E-state index contributed by atoms with van der Waals surface area (Å²) in [7, 11) is -3.81. The number of unbranched alkanes of at least 4 members (excludes halogenated alkanes) is 3. The van der Waals surface area contributed by atoms with Crippen LogP contribution in [0.2, 0.25) is 5.02 Å². The Balaban J connectivity index is 2.69. The quantitative estimate of drug-likeness (QED) is 0.757. The minimum atomic E-state index is -3.81. The van der Waals surface area contributed by atoms with Gasteiger partial charge < -0.3 is 5.32 Å². The maximum atomic E-state index is 11.7. The van der Waals surface area contributed by atoms with E-state index in [0.717, 1.165) is 25.7 Å². The molecule has 0 heterocycles. The molecule has 0 aliphatic carbocycles. The number of primary sulfonamides is 1. The van der Waals surface area contributed by atoms with Crippen molar-refractivity contribution in [2.45, 2.75) is 43.9 Å². The van der Waals surface area contributed by atoms with Gasteiger partial charge in [-0.3, -0.25) is 4.79 Å². The lowest BCUT2D eigenvalue weighted by molar-refractivity contribution is -0.116. The maximum Gasteiger partial charge on any atom is 0.238 e. The van der Waals surface area contributed by atoms with E-state index in [-0.39, 0.29) is 21.5 Å². The third-order valence-corrected chi connectivity index (χ3v) is 4.04. The van der Waals surface area contributed by atoms with Crippen molar-refractivity contribution in [2.24, 2.45) is 5.14 Å². The van der Waals surface area contributed by atoms with Gasteiger partial charge in [0, 0.05) is 6.42 Å². The van der Waals surface area contributed by atoms with Crippen molar-refractivity contribution >= 4 is 33.2 Å². The Morgan fingerprint density at radius 1 is 1.30 bits per heavy atom. The van der Waals surface area contributed by atoms with Gasteiger partial charge >= 0.3 is 0 Å². The van der Waals surface area contributed by atoms with Gasteiger partial charge in [0.2, 0.25) is 15.9 Å². The predicted molar refractivity (Wildman–Crippen MR) is 80.2 cm³/mol. The van der Waals surface area contributed by atoms with Gasteiger partial charge in [-0.1, -0.05) is 37.8 Å². The van der Waals surface area contributed by atoms with Crippen molar-refractivity contribution in [1.29, 1.82) is 0 Å². The summed E-state index contributed by atoms with van der Waals surface area (Å²) in [5.41, 5.74) is 0.263. The van der Waals surface area contributed by atoms with Gasteiger partial charge in [0.05, 0.1) is 15.6 Å². The molecule has 0 saturated heterocycles. The standard InChI is InChI=1S/C13H19ClN2O3S/c1-2-3-4-5-6-13(17)16-12-9-10(20(15,18)19)7-8-11(12)14/h7-9H,2-6H2,1H3,(H,16,17)(H2,15,18,19). The van der Waals surface area contributed by atoms with E-state index >= 15 is 0 Å².